The number of ether oxygens (including phenoxy) is 1. The molecule has 0 aliphatic rings. The number of halogens is 1. The average Bonchev–Trinajstić information content (AvgIpc) is 2.46. The Morgan fingerprint density at radius 3 is 2.55 bits per heavy atom. The minimum absolute atomic E-state index is 0. The molecule has 2 N–H and O–H groups in total. The lowest BCUT2D eigenvalue weighted by molar-refractivity contribution is -0.144. The molecular weight excluding hydrogens is 364 g/mol. The minimum atomic E-state index is -0.227. The predicted octanol–water partition coefficient (Wildman–Crippen LogP) is 4.61. The van der Waals surface area contributed by atoms with Gasteiger partial charge in [-0.25, -0.2) is 4.99 Å². The molecule has 0 bridgehead atoms. The lowest BCUT2D eigenvalue weighted by atomic mass is 9.97. The van der Waals surface area contributed by atoms with Gasteiger partial charge in [0.25, 0.3) is 0 Å². The SMILES string of the molecule is Br.CCC(C)c1ccccc1N=C(N)SCOC(=O)C(C)C. The van der Waals surface area contributed by atoms with E-state index in [4.69, 9.17) is 10.5 Å². The van der Waals surface area contributed by atoms with E-state index >= 15 is 0 Å². The molecule has 0 spiro atoms. The van der Waals surface area contributed by atoms with Crippen LogP contribution in [0.2, 0.25) is 0 Å². The molecule has 1 aromatic rings. The number of para-hydroxylation sites is 1. The van der Waals surface area contributed by atoms with Crippen LogP contribution in [0.1, 0.15) is 45.6 Å². The second-order valence-electron chi connectivity index (χ2n) is 5.20. The third-order valence-corrected chi connectivity index (χ3v) is 3.81. The van der Waals surface area contributed by atoms with Gasteiger partial charge >= 0.3 is 5.97 Å². The van der Waals surface area contributed by atoms with Crippen LogP contribution in [0.25, 0.3) is 0 Å². The van der Waals surface area contributed by atoms with Crippen LogP contribution in [0, 0.1) is 5.92 Å². The maximum absolute atomic E-state index is 11.3. The van der Waals surface area contributed by atoms with Gasteiger partial charge in [0.1, 0.15) is 5.94 Å². The first-order chi connectivity index (χ1) is 9.95. The molecule has 6 heteroatoms. The number of carbonyl (C=O) groups is 1. The molecule has 124 valence electrons. The first-order valence-corrected chi connectivity index (χ1v) is 8.16. The maximum Gasteiger partial charge on any atom is 0.309 e. The van der Waals surface area contributed by atoms with Gasteiger partial charge in [-0.2, -0.15) is 0 Å². The highest BCUT2D eigenvalue weighted by atomic mass is 79.9. The van der Waals surface area contributed by atoms with E-state index < -0.39 is 0 Å². The van der Waals surface area contributed by atoms with Gasteiger partial charge < -0.3 is 10.5 Å². The number of thioether (sulfide) groups is 1. The molecule has 0 saturated carbocycles. The van der Waals surface area contributed by atoms with Crippen LogP contribution in [-0.2, 0) is 9.53 Å². The molecule has 1 aromatic carbocycles. The molecule has 1 unspecified atom stereocenters. The van der Waals surface area contributed by atoms with Gasteiger partial charge in [0, 0.05) is 0 Å². The van der Waals surface area contributed by atoms with E-state index in [1.54, 1.807) is 13.8 Å². The van der Waals surface area contributed by atoms with Crippen LogP contribution >= 0.6 is 28.7 Å². The Labute approximate surface area is 147 Å². The zero-order valence-electron chi connectivity index (χ0n) is 13.5. The van der Waals surface area contributed by atoms with Gasteiger partial charge in [0.15, 0.2) is 5.17 Å². The molecule has 4 nitrogen and oxygen atoms in total. The second-order valence-corrected chi connectivity index (χ2v) is 6.14. The summed E-state index contributed by atoms with van der Waals surface area (Å²) in [5, 5.41) is 0.405. The fourth-order valence-electron chi connectivity index (χ4n) is 1.69. The smallest absolute Gasteiger partial charge is 0.309 e. The summed E-state index contributed by atoms with van der Waals surface area (Å²) in [5.41, 5.74) is 7.96. The third-order valence-electron chi connectivity index (χ3n) is 3.19. The predicted molar refractivity (Wildman–Crippen MR) is 100 cm³/mol. The molecule has 0 aromatic heterocycles. The molecule has 1 atom stereocenters. The molecule has 0 fully saturated rings. The van der Waals surface area contributed by atoms with E-state index in [2.05, 4.69) is 24.9 Å². The highest BCUT2D eigenvalue weighted by molar-refractivity contribution is 8.93. The van der Waals surface area contributed by atoms with Crippen molar-refractivity contribution < 1.29 is 9.53 Å². The number of hydrogen-bond donors (Lipinski definition) is 1. The molecule has 0 amide bonds. The number of rotatable bonds is 6. The topological polar surface area (TPSA) is 64.7 Å². The summed E-state index contributed by atoms with van der Waals surface area (Å²) >= 11 is 1.23. The molecule has 1 rings (SSSR count). The lowest BCUT2D eigenvalue weighted by Gasteiger charge is -2.12. The highest BCUT2D eigenvalue weighted by Crippen LogP contribution is 2.29. The molecule has 0 aliphatic heterocycles. The maximum atomic E-state index is 11.3. The Balaban J connectivity index is 0.00000441. The summed E-state index contributed by atoms with van der Waals surface area (Å²) in [7, 11) is 0. The van der Waals surface area contributed by atoms with E-state index in [1.165, 1.54) is 17.3 Å². The number of amidine groups is 1. The number of esters is 1. The molecule has 0 radical (unpaired) electrons. The van der Waals surface area contributed by atoms with E-state index in [0.29, 0.717) is 11.1 Å². The Morgan fingerprint density at radius 2 is 1.95 bits per heavy atom. The van der Waals surface area contributed by atoms with Crippen molar-refractivity contribution in [1.29, 1.82) is 0 Å². The minimum Gasteiger partial charge on any atom is -0.454 e. The summed E-state index contributed by atoms with van der Waals surface area (Å²) in [6.07, 6.45) is 1.05. The Kier molecular flexibility index (Phi) is 10.2. The number of nitrogens with zero attached hydrogens (tertiary/aromatic N) is 1. The van der Waals surface area contributed by atoms with E-state index in [-0.39, 0.29) is 34.8 Å². The van der Waals surface area contributed by atoms with Gasteiger partial charge in [-0.1, -0.05) is 45.9 Å². The number of nitrogens with two attached hydrogens (primary N) is 1. The van der Waals surface area contributed by atoms with Crippen molar-refractivity contribution in [3.8, 4) is 0 Å². The second kappa shape index (κ2) is 10.7. The zero-order chi connectivity index (χ0) is 15.8. The summed E-state index contributed by atoms with van der Waals surface area (Å²) in [6.45, 7) is 7.91. The molecule has 0 aliphatic carbocycles. The van der Waals surface area contributed by atoms with Gasteiger partial charge in [-0.05, 0) is 35.7 Å². The van der Waals surface area contributed by atoms with Crippen molar-refractivity contribution in [2.24, 2.45) is 16.6 Å². The van der Waals surface area contributed by atoms with Gasteiger partial charge in [0.2, 0.25) is 0 Å². The highest BCUT2D eigenvalue weighted by Gasteiger charge is 2.10. The van der Waals surface area contributed by atoms with E-state index in [9.17, 15) is 4.79 Å². The summed E-state index contributed by atoms with van der Waals surface area (Å²) in [6, 6.07) is 7.98. The van der Waals surface area contributed by atoms with Crippen molar-refractivity contribution in [2.75, 3.05) is 5.94 Å². The van der Waals surface area contributed by atoms with Crippen molar-refractivity contribution in [1.82, 2.24) is 0 Å². The standard InChI is InChI=1S/C16H24N2O2S.BrH/c1-5-12(4)13-8-6-7-9-14(13)18-16(17)21-10-20-15(19)11(2)3;/h6-9,11-12H,5,10H2,1-4H3,(H2,17,18);1H. The molecule has 22 heavy (non-hydrogen) atoms. The quantitative estimate of drug-likeness (QED) is 0.334. The zero-order valence-corrected chi connectivity index (χ0v) is 16.1. The van der Waals surface area contributed by atoms with Gasteiger partial charge in [-0.3, -0.25) is 4.79 Å². The number of hydrogen-bond acceptors (Lipinski definition) is 4. The first kappa shape index (κ1) is 21.0. The van der Waals surface area contributed by atoms with Crippen LogP contribution in [0.3, 0.4) is 0 Å². The van der Waals surface area contributed by atoms with Crippen molar-refractivity contribution >= 4 is 45.6 Å². The average molecular weight is 389 g/mol. The fourth-order valence-corrected chi connectivity index (χ4v) is 2.15. The van der Waals surface area contributed by atoms with Gasteiger partial charge in [-0.15, -0.1) is 17.0 Å². The monoisotopic (exact) mass is 388 g/mol. The van der Waals surface area contributed by atoms with E-state index in [0.717, 1.165) is 12.1 Å². The molecule has 0 saturated heterocycles. The number of benzene rings is 1. The van der Waals surface area contributed by atoms with Crippen molar-refractivity contribution in [3.63, 3.8) is 0 Å². The lowest BCUT2D eigenvalue weighted by Crippen LogP contribution is -2.14. The van der Waals surface area contributed by atoms with E-state index in [1.807, 2.05) is 18.2 Å². The van der Waals surface area contributed by atoms with Crippen LogP contribution in [0.15, 0.2) is 29.3 Å². The van der Waals surface area contributed by atoms with Crippen LogP contribution in [0.4, 0.5) is 5.69 Å². The normalized spacial score (nSPS) is 12.7. The third kappa shape index (κ3) is 6.83. The molecular formula is C16H25BrN2O2S. The fraction of sp³-hybridized carbons (Fsp3) is 0.500. The van der Waals surface area contributed by atoms with Crippen molar-refractivity contribution in [2.45, 2.75) is 40.0 Å². The first-order valence-electron chi connectivity index (χ1n) is 7.18. The van der Waals surface area contributed by atoms with Crippen LogP contribution in [-0.4, -0.2) is 17.1 Å². The Hall–Kier alpha value is -1.01. The number of carbonyl (C=O) groups excluding carboxylic acids is 1. The van der Waals surface area contributed by atoms with Crippen LogP contribution < -0.4 is 5.73 Å². The molecule has 0 heterocycles. The Bertz CT molecular complexity index is 507. The summed E-state index contributed by atoms with van der Waals surface area (Å²) < 4.78 is 5.07. The largest absolute Gasteiger partial charge is 0.454 e. The van der Waals surface area contributed by atoms with Crippen LogP contribution in [0.5, 0.6) is 0 Å². The van der Waals surface area contributed by atoms with Gasteiger partial charge in [0.05, 0.1) is 11.6 Å². The van der Waals surface area contributed by atoms with Crippen molar-refractivity contribution in [3.05, 3.63) is 29.8 Å². The summed E-state index contributed by atoms with van der Waals surface area (Å²) in [4.78, 5) is 15.8. The summed E-state index contributed by atoms with van der Waals surface area (Å²) in [5.74, 6) is 0.268. The Morgan fingerprint density at radius 1 is 1.32 bits per heavy atom. The number of aliphatic imine (C=N–C) groups is 1.